The van der Waals surface area contributed by atoms with Crippen LogP contribution in [0.15, 0.2) is 21.6 Å². The van der Waals surface area contributed by atoms with E-state index in [9.17, 15) is 0 Å². The summed E-state index contributed by atoms with van der Waals surface area (Å²) < 4.78 is 11.6. The van der Waals surface area contributed by atoms with Crippen molar-refractivity contribution >= 4 is 45.9 Å². The molecular formula is C15H25BrIN3O2. The Hall–Kier alpha value is -0.700. The third-order valence-corrected chi connectivity index (χ3v) is 3.96. The first-order valence-corrected chi connectivity index (χ1v) is 7.72. The first kappa shape index (κ1) is 21.3. The Labute approximate surface area is 158 Å². The zero-order chi connectivity index (χ0) is 15.8. The Morgan fingerprint density at radius 1 is 1.27 bits per heavy atom. The average Bonchev–Trinajstić information content (AvgIpc) is 2.51. The van der Waals surface area contributed by atoms with Crippen LogP contribution in [0.3, 0.4) is 0 Å². The van der Waals surface area contributed by atoms with Crippen LogP contribution in [0.2, 0.25) is 0 Å². The maximum atomic E-state index is 5.33. The number of benzene rings is 1. The fourth-order valence-electron chi connectivity index (χ4n) is 1.74. The lowest BCUT2D eigenvalue weighted by molar-refractivity contribution is 0.354. The number of halogens is 2. The number of methoxy groups -OCH3 is 2. The van der Waals surface area contributed by atoms with E-state index < -0.39 is 0 Å². The maximum absolute atomic E-state index is 5.33. The van der Waals surface area contributed by atoms with Gasteiger partial charge in [0.1, 0.15) is 0 Å². The molecule has 0 aliphatic rings. The van der Waals surface area contributed by atoms with Gasteiger partial charge in [0.15, 0.2) is 17.5 Å². The van der Waals surface area contributed by atoms with Gasteiger partial charge in [-0.15, -0.1) is 24.0 Å². The second-order valence-electron chi connectivity index (χ2n) is 4.68. The summed E-state index contributed by atoms with van der Waals surface area (Å²) in [6, 6.07) is 4.23. The molecule has 22 heavy (non-hydrogen) atoms. The van der Waals surface area contributed by atoms with Crippen molar-refractivity contribution in [3.63, 3.8) is 0 Å². The first-order valence-electron chi connectivity index (χ1n) is 6.93. The second kappa shape index (κ2) is 10.9. The van der Waals surface area contributed by atoms with E-state index in [0.717, 1.165) is 22.4 Å². The molecule has 0 saturated heterocycles. The summed E-state index contributed by atoms with van der Waals surface area (Å²) in [4.78, 5) is 4.22. The van der Waals surface area contributed by atoms with Gasteiger partial charge in [-0.05, 0) is 31.0 Å². The average molecular weight is 486 g/mol. The highest BCUT2D eigenvalue weighted by Crippen LogP contribution is 2.33. The van der Waals surface area contributed by atoms with Crippen LogP contribution in [-0.2, 0) is 6.54 Å². The Morgan fingerprint density at radius 2 is 1.86 bits per heavy atom. The molecule has 1 aromatic rings. The van der Waals surface area contributed by atoms with E-state index >= 15 is 0 Å². The molecule has 1 atom stereocenters. The summed E-state index contributed by atoms with van der Waals surface area (Å²) in [5.74, 6) is 2.20. The van der Waals surface area contributed by atoms with Crippen molar-refractivity contribution in [3.8, 4) is 11.5 Å². The third-order valence-electron chi connectivity index (χ3n) is 3.22. The van der Waals surface area contributed by atoms with Crippen molar-refractivity contribution in [2.75, 3.05) is 21.3 Å². The van der Waals surface area contributed by atoms with Gasteiger partial charge in [0.05, 0.1) is 14.2 Å². The summed E-state index contributed by atoms with van der Waals surface area (Å²) in [5, 5.41) is 6.62. The van der Waals surface area contributed by atoms with Gasteiger partial charge in [0, 0.05) is 24.1 Å². The SMILES string of the molecule is CCC(C)NC(=NC)NCc1cc(OC)c(OC)cc1Br.I. The number of nitrogens with zero attached hydrogens (tertiary/aromatic N) is 1. The quantitative estimate of drug-likeness (QED) is 0.367. The lowest BCUT2D eigenvalue weighted by atomic mass is 10.2. The molecule has 0 aromatic heterocycles. The molecule has 0 fully saturated rings. The van der Waals surface area contributed by atoms with E-state index in [0.29, 0.717) is 24.1 Å². The van der Waals surface area contributed by atoms with Gasteiger partial charge in [0.2, 0.25) is 0 Å². The van der Waals surface area contributed by atoms with Gasteiger partial charge in [-0.2, -0.15) is 0 Å². The minimum Gasteiger partial charge on any atom is -0.493 e. The lowest BCUT2D eigenvalue weighted by Gasteiger charge is -2.17. The van der Waals surface area contributed by atoms with E-state index in [-0.39, 0.29) is 24.0 Å². The minimum atomic E-state index is 0. The molecule has 1 unspecified atom stereocenters. The van der Waals surface area contributed by atoms with E-state index in [1.54, 1.807) is 21.3 Å². The van der Waals surface area contributed by atoms with Crippen molar-refractivity contribution in [2.24, 2.45) is 4.99 Å². The molecule has 1 aromatic carbocycles. The van der Waals surface area contributed by atoms with Crippen LogP contribution in [0.5, 0.6) is 11.5 Å². The molecule has 5 nitrogen and oxygen atoms in total. The van der Waals surface area contributed by atoms with E-state index in [2.05, 4.69) is 45.4 Å². The lowest BCUT2D eigenvalue weighted by Crippen LogP contribution is -2.41. The van der Waals surface area contributed by atoms with Crippen molar-refractivity contribution in [2.45, 2.75) is 32.9 Å². The molecule has 0 spiro atoms. The number of rotatable bonds is 6. The molecular weight excluding hydrogens is 461 g/mol. The fraction of sp³-hybridized carbons (Fsp3) is 0.533. The van der Waals surface area contributed by atoms with Crippen LogP contribution >= 0.6 is 39.9 Å². The number of hydrogen-bond acceptors (Lipinski definition) is 3. The standard InChI is InChI=1S/C15H24BrN3O2.HI/c1-6-10(2)19-15(17-3)18-9-11-7-13(20-4)14(21-5)8-12(11)16;/h7-8,10H,6,9H2,1-5H3,(H2,17,18,19);1H. The van der Waals surface area contributed by atoms with Crippen molar-refractivity contribution in [1.29, 1.82) is 0 Å². The minimum absolute atomic E-state index is 0. The Bertz CT molecular complexity index is 498. The highest BCUT2D eigenvalue weighted by Gasteiger charge is 2.10. The third kappa shape index (κ3) is 6.20. The summed E-state index contributed by atoms with van der Waals surface area (Å²) >= 11 is 3.55. The van der Waals surface area contributed by atoms with Gasteiger partial charge >= 0.3 is 0 Å². The molecule has 0 heterocycles. The van der Waals surface area contributed by atoms with Crippen LogP contribution in [0, 0.1) is 0 Å². The fourth-order valence-corrected chi connectivity index (χ4v) is 2.20. The predicted octanol–water partition coefficient (Wildman–Crippen LogP) is 3.55. The number of nitrogens with one attached hydrogen (secondary N) is 2. The van der Waals surface area contributed by atoms with Crippen LogP contribution < -0.4 is 20.1 Å². The van der Waals surface area contributed by atoms with Crippen molar-refractivity contribution in [1.82, 2.24) is 10.6 Å². The van der Waals surface area contributed by atoms with Gasteiger partial charge in [0.25, 0.3) is 0 Å². The topological polar surface area (TPSA) is 54.9 Å². The molecule has 0 aliphatic carbocycles. The van der Waals surface area contributed by atoms with E-state index in [1.165, 1.54) is 0 Å². The van der Waals surface area contributed by atoms with Gasteiger partial charge in [-0.3, -0.25) is 4.99 Å². The normalized spacial score (nSPS) is 12.2. The van der Waals surface area contributed by atoms with Crippen molar-refractivity contribution < 1.29 is 9.47 Å². The molecule has 2 N–H and O–H groups in total. The Morgan fingerprint density at radius 3 is 2.36 bits per heavy atom. The summed E-state index contributed by atoms with van der Waals surface area (Å²) in [6.45, 7) is 4.89. The second-order valence-corrected chi connectivity index (χ2v) is 5.53. The molecule has 1 rings (SSSR count). The Balaban J connectivity index is 0.00000441. The molecule has 0 amide bonds. The van der Waals surface area contributed by atoms with Gasteiger partial charge < -0.3 is 20.1 Å². The van der Waals surface area contributed by atoms with E-state index in [1.807, 2.05) is 12.1 Å². The number of aliphatic imine (C=N–C) groups is 1. The molecule has 126 valence electrons. The van der Waals surface area contributed by atoms with Gasteiger partial charge in [-0.1, -0.05) is 22.9 Å². The molecule has 0 bridgehead atoms. The highest BCUT2D eigenvalue weighted by molar-refractivity contribution is 14.0. The smallest absolute Gasteiger partial charge is 0.191 e. The zero-order valence-electron chi connectivity index (χ0n) is 13.7. The first-order chi connectivity index (χ1) is 10.0. The summed E-state index contributed by atoms with van der Waals surface area (Å²) in [6.07, 6.45) is 1.04. The highest BCUT2D eigenvalue weighted by atomic mass is 127. The predicted molar refractivity (Wildman–Crippen MR) is 106 cm³/mol. The van der Waals surface area contributed by atoms with Crippen molar-refractivity contribution in [3.05, 3.63) is 22.2 Å². The number of hydrogen-bond donors (Lipinski definition) is 2. The molecule has 0 saturated carbocycles. The monoisotopic (exact) mass is 485 g/mol. The summed E-state index contributed by atoms with van der Waals surface area (Å²) in [5.41, 5.74) is 1.07. The maximum Gasteiger partial charge on any atom is 0.191 e. The molecule has 0 radical (unpaired) electrons. The summed E-state index contributed by atoms with van der Waals surface area (Å²) in [7, 11) is 5.02. The van der Waals surface area contributed by atoms with E-state index in [4.69, 9.17) is 9.47 Å². The largest absolute Gasteiger partial charge is 0.493 e. The number of guanidine groups is 1. The van der Waals surface area contributed by atoms with Crippen LogP contribution in [-0.4, -0.2) is 33.3 Å². The van der Waals surface area contributed by atoms with Crippen LogP contribution in [0.25, 0.3) is 0 Å². The number of ether oxygens (including phenoxy) is 2. The van der Waals surface area contributed by atoms with Crippen LogP contribution in [0.1, 0.15) is 25.8 Å². The molecule has 0 aliphatic heterocycles. The van der Waals surface area contributed by atoms with Crippen LogP contribution in [0.4, 0.5) is 0 Å². The zero-order valence-corrected chi connectivity index (χ0v) is 17.6. The van der Waals surface area contributed by atoms with Gasteiger partial charge in [-0.25, -0.2) is 0 Å². The molecule has 7 heteroatoms. The Kier molecular flexibility index (Phi) is 10.6.